The molecule has 0 saturated heterocycles. The largest absolute Gasteiger partial charge is 0.310 e. The van der Waals surface area contributed by atoms with E-state index in [2.05, 4.69) is 0 Å². The lowest BCUT2D eigenvalue weighted by Gasteiger charge is -2.08. The van der Waals surface area contributed by atoms with Crippen LogP contribution >= 0.6 is 22.9 Å². The number of fused-ring (bicyclic) bond motifs is 1. The van der Waals surface area contributed by atoms with Crippen molar-refractivity contribution in [2.45, 2.75) is 0 Å². The van der Waals surface area contributed by atoms with E-state index < -0.39 is 0 Å². The van der Waals surface area contributed by atoms with Gasteiger partial charge in [-0.2, -0.15) is 0 Å². The Labute approximate surface area is 113 Å². The summed E-state index contributed by atoms with van der Waals surface area (Å²) in [6.45, 7) is 0. The van der Waals surface area contributed by atoms with E-state index in [1.165, 1.54) is 0 Å². The summed E-state index contributed by atoms with van der Waals surface area (Å²) in [7, 11) is 1.79. The van der Waals surface area contributed by atoms with Crippen molar-refractivity contribution >= 4 is 33.7 Å². The van der Waals surface area contributed by atoms with Crippen LogP contribution in [-0.4, -0.2) is 4.57 Å². The molecule has 0 N–H and O–H groups in total. The van der Waals surface area contributed by atoms with Crippen molar-refractivity contribution in [2.24, 2.45) is 7.05 Å². The van der Waals surface area contributed by atoms with Crippen LogP contribution in [0, 0.1) is 0 Å². The number of pyridine rings is 1. The Hall–Kier alpha value is -1.58. The molecule has 2 nitrogen and oxygen atoms in total. The number of nitrogens with zero attached hydrogens (tertiary/aromatic N) is 1. The standard InChI is InChI=1S/C14H10ClNOS/c1-16-12(13-3-2-6-18-13)7-9-4-5-10(15)8-11(9)14(16)17/h2-8H,1H3. The van der Waals surface area contributed by atoms with Gasteiger partial charge in [0.15, 0.2) is 0 Å². The Morgan fingerprint density at radius 1 is 1.22 bits per heavy atom. The average molecular weight is 276 g/mol. The van der Waals surface area contributed by atoms with Crippen molar-refractivity contribution in [1.82, 2.24) is 4.57 Å². The number of aromatic nitrogens is 1. The van der Waals surface area contributed by atoms with E-state index in [1.54, 1.807) is 29.0 Å². The molecule has 2 aromatic heterocycles. The van der Waals surface area contributed by atoms with Crippen LogP contribution in [0.2, 0.25) is 5.02 Å². The predicted octanol–water partition coefficient (Wildman–Crippen LogP) is 3.92. The molecule has 0 atom stereocenters. The maximum Gasteiger partial charge on any atom is 0.258 e. The fourth-order valence-electron chi connectivity index (χ4n) is 2.03. The van der Waals surface area contributed by atoms with Gasteiger partial charge in [0, 0.05) is 17.5 Å². The molecule has 0 fully saturated rings. The van der Waals surface area contributed by atoms with Gasteiger partial charge < -0.3 is 4.57 Å². The van der Waals surface area contributed by atoms with Crippen molar-refractivity contribution in [3.63, 3.8) is 0 Å². The van der Waals surface area contributed by atoms with Crippen molar-refractivity contribution in [2.75, 3.05) is 0 Å². The van der Waals surface area contributed by atoms with E-state index >= 15 is 0 Å². The summed E-state index contributed by atoms with van der Waals surface area (Å²) in [5, 5.41) is 4.17. The smallest absolute Gasteiger partial charge is 0.258 e. The first-order valence-electron chi connectivity index (χ1n) is 5.50. The second-order valence-electron chi connectivity index (χ2n) is 4.10. The quantitative estimate of drug-likeness (QED) is 0.660. The van der Waals surface area contributed by atoms with Gasteiger partial charge in [-0.25, -0.2) is 0 Å². The molecule has 3 aromatic rings. The lowest BCUT2D eigenvalue weighted by atomic mass is 10.1. The van der Waals surface area contributed by atoms with Gasteiger partial charge in [0.2, 0.25) is 0 Å². The second kappa shape index (κ2) is 4.26. The zero-order valence-electron chi connectivity index (χ0n) is 9.68. The highest BCUT2D eigenvalue weighted by molar-refractivity contribution is 7.13. The summed E-state index contributed by atoms with van der Waals surface area (Å²) < 4.78 is 1.67. The van der Waals surface area contributed by atoms with Crippen LogP contribution in [-0.2, 0) is 7.05 Å². The Bertz CT molecular complexity index is 774. The van der Waals surface area contributed by atoms with Crippen molar-refractivity contribution in [3.8, 4) is 10.6 Å². The zero-order valence-corrected chi connectivity index (χ0v) is 11.3. The fraction of sp³-hybridized carbons (Fsp3) is 0.0714. The third kappa shape index (κ3) is 1.76. The van der Waals surface area contributed by atoms with Crippen LogP contribution in [0.1, 0.15) is 0 Å². The van der Waals surface area contributed by atoms with Gasteiger partial charge >= 0.3 is 0 Å². The third-order valence-electron chi connectivity index (χ3n) is 2.98. The summed E-state index contributed by atoms with van der Waals surface area (Å²) in [5.74, 6) is 0. The summed E-state index contributed by atoms with van der Waals surface area (Å²) >= 11 is 7.56. The van der Waals surface area contributed by atoms with E-state index in [-0.39, 0.29) is 5.56 Å². The van der Waals surface area contributed by atoms with Gasteiger partial charge in [-0.1, -0.05) is 23.7 Å². The monoisotopic (exact) mass is 275 g/mol. The van der Waals surface area contributed by atoms with Crippen molar-refractivity contribution in [1.29, 1.82) is 0 Å². The molecule has 0 saturated carbocycles. The molecular formula is C14H10ClNOS. The number of halogens is 1. The molecule has 3 rings (SSSR count). The fourth-order valence-corrected chi connectivity index (χ4v) is 2.98. The van der Waals surface area contributed by atoms with Gasteiger partial charge in [0.25, 0.3) is 5.56 Å². The maximum absolute atomic E-state index is 12.3. The van der Waals surface area contributed by atoms with Crippen LogP contribution < -0.4 is 5.56 Å². The zero-order chi connectivity index (χ0) is 12.7. The molecule has 4 heteroatoms. The van der Waals surface area contributed by atoms with E-state index in [0.29, 0.717) is 10.4 Å². The molecule has 0 amide bonds. The average Bonchev–Trinajstić information content (AvgIpc) is 2.88. The SMILES string of the molecule is Cn1c(-c2cccs2)cc2ccc(Cl)cc2c1=O. The molecular weight excluding hydrogens is 266 g/mol. The summed E-state index contributed by atoms with van der Waals surface area (Å²) in [6.07, 6.45) is 0. The number of thiophene rings is 1. The molecule has 1 aromatic carbocycles. The number of rotatable bonds is 1. The lowest BCUT2D eigenvalue weighted by molar-refractivity contribution is 0.885. The predicted molar refractivity (Wildman–Crippen MR) is 77.5 cm³/mol. The minimum absolute atomic E-state index is 0.0154. The van der Waals surface area contributed by atoms with Gasteiger partial charge in [-0.15, -0.1) is 11.3 Å². The Balaban J connectivity index is 2.40. The van der Waals surface area contributed by atoms with Crippen LogP contribution in [0.5, 0.6) is 0 Å². The van der Waals surface area contributed by atoms with E-state index in [4.69, 9.17) is 11.6 Å². The first-order valence-corrected chi connectivity index (χ1v) is 6.76. The van der Waals surface area contributed by atoms with Crippen molar-refractivity contribution < 1.29 is 0 Å². The van der Waals surface area contributed by atoms with Gasteiger partial charge in [0.05, 0.1) is 10.6 Å². The van der Waals surface area contributed by atoms with Crippen molar-refractivity contribution in [3.05, 3.63) is 57.2 Å². The molecule has 0 bridgehead atoms. The molecule has 0 aliphatic heterocycles. The number of hydrogen-bond acceptors (Lipinski definition) is 2. The summed E-state index contributed by atoms with van der Waals surface area (Å²) in [6, 6.07) is 11.4. The molecule has 18 heavy (non-hydrogen) atoms. The minimum atomic E-state index is -0.0154. The molecule has 0 aliphatic rings. The second-order valence-corrected chi connectivity index (χ2v) is 5.49. The molecule has 0 unspecified atom stereocenters. The van der Waals surface area contributed by atoms with E-state index in [9.17, 15) is 4.79 Å². The molecule has 2 heterocycles. The van der Waals surface area contributed by atoms with Gasteiger partial charge in [0.1, 0.15) is 0 Å². The van der Waals surface area contributed by atoms with E-state index in [0.717, 1.165) is 16.0 Å². The maximum atomic E-state index is 12.3. The highest BCUT2D eigenvalue weighted by Crippen LogP contribution is 2.26. The third-order valence-corrected chi connectivity index (χ3v) is 4.11. The summed E-state index contributed by atoms with van der Waals surface area (Å²) in [4.78, 5) is 13.4. The molecule has 90 valence electrons. The normalized spacial score (nSPS) is 11.0. The first-order chi connectivity index (χ1) is 8.66. The minimum Gasteiger partial charge on any atom is -0.310 e. The highest BCUT2D eigenvalue weighted by Gasteiger charge is 2.09. The number of benzene rings is 1. The Morgan fingerprint density at radius 2 is 2.06 bits per heavy atom. The highest BCUT2D eigenvalue weighted by atomic mass is 35.5. The Morgan fingerprint density at radius 3 is 2.78 bits per heavy atom. The lowest BCUT2D eigenvalue weighted by Crippen LogP contribution is -2.18. The molecule has 0 radical (unpaired) electrons. The topological polar surface area (TPSA) is 22.0 Å². The van der Waals surface area contributed by atoms with Crippen LogP contribution in [0.3, 0.4) is 0 Å². The number of hydrogen-bond donors (Lipinski definition) is 0. The first kappa shape index (κ1) is 11.5. The van der Waals surface area contributed by atoms with Gasteiger partial charge in [-0.3, -0.25) is 4.79 Å². The summed E-state index contributed by atoms with van der Waals surface area (Å²) in [5.41, 5.74) is 0.920. The van der Waals surface area contributed by atoms with E-state index in [1.807, 2.05) is 35.7 Å². The Kier molecular flexibility index (Phi) is 2.73. The van der Waals surface area contributed by atoms with Crippen LogP contribution in [0.4, 0.5) is 0 Å². The van der Waals surface area contributed by atoms with Gasteiger partial charge in [-0.05, 0) is 35.0 Å². The van der Waals surface area contributed by atoms with Crippen LogP contribution in [0.15, 0.2) is 46.6 Å². The molecule has 0 spiro atoms. The molecule has 0 aliphatic carbocycles. The van der Waals surface area contributed by atoms with Crippen LogP contribution in [0.25, 0.3) is 21.3 Å².